The lowest BCUT2D eigenvalue weighted by atomic mass is 10.0. The second kappa shape index (κ2) is 10.3. The molecule has 6 nitrogen and oxygen atoms in total. The van der Waals surface area contributed by atoms with E-state index in [9.17, 15) is 8.42 Å². The molecule has 0 heterocycles. The Morgan fingerprint density at radius 1 is 0.875 bits per heavy atom. The molecule has 0 saturated carbocycles. The molecule has 0 aromatic heterocycles. The number of nitrogens with zero attached hydrogens (tertiary/aromatic N) is 1. The van der Waals surface area contributed by atoms with Gasteiger partial charge in [-0.1, -0.05) is 31.5 Å². The van der Waals surface area contributed by atoms with E-state index in [1.807, 2.05) is 43.3 Å². The average Bonchev–Trinajstić information content (AvgIpc) is 2.79. The van der Waals surface area contributed by atoms with E-state index in [1.54, 1.807) is 43.5 Å². The Balaban J connectivity index is 1.94. The highest BCUT2D eigenvalue weighted by atomic mass is 32.2. The fraction of sp³-hybridized carbons (Fsp3) is 0.240. The molecule has 168 valence electrons. The number of hydrogen-bond acceptors (Lipinski definition) is 5. The van der Waals surface area contributed by atoms with Crippen molar-refractivity contribution in [1.82, 2.24) is 4.83 Å². The molecule has 32 heavy (non-hydrogen) atoms. The smallest absolute Gasteiger partial charge is 0.276 e. The molecule has 0 bridgehead atoms. The number of methoxy groups -OCH3 is 1. The second-order valence-corrected chi connectivity index (χ2v) is 9.49. The first-order valence-corrected chi connectivity index (χ1v) is 11.8. The summed E-state index contributed by atoms with van der Waals surface area (Å²) in [6, 6.07) is 21.3. The Morgan fingerprint density at radius 3 is 1.91 bits per heavy atom. The number of rotatable bonds is 9. The standard InChI is InChI=1S/C25H28N2O4S/c1-18(2)17-31-23-13-9-21(10-14-23)25(20-7-11-22(30-4)12-8-20)26-27-32(28,29)24-15-5-19(3)6-16-24/h5-16,18,27H,17H2,1-4H3. The van der Waals surface area contributed by atoms with Crippen LogP contribution in [-0.4, -0.2) is 27.8 Å². The van der Waals surface area contributed by atoms with Gasteiger partial charge in [0.1, 0.15) is 11.5 Å². The summed E-state index contributed by atoms with van der Waals surface area (Å²) in [6.45, 7) is 6.69. The van der Waals surface area contributed by atoms with E-state index >= 15 is 0 Å². The van der Waals surface area contributed by atoms with Gasteiger partial charge in [-0.05, 0) is 73.5 Å². The van der Waals surface area contributed by atoms with Crippen molar-refractivity contribution in [2.75, 3.05) is 13.7 Å². The molecule has 0 saturated heterocycles. The number of aryl methyl sites for hydroxylation is 1. The van der Waals surface area contributed by atoms with Crippen molar-refractivity contribution in [2.45, 2.75) is 25.7 Å². The third-order valence-corrected chi connectivity index (χ3v) is 5.91. The lowest BCUT2D eigenvalue weighted by molar-refractivity contribution is 0.271. The van der Waals surface area contributed by atoms with Crippen molar-refractivity contribution in [3.63, 3.8) is 0 Å². The predicted octanol–water partition coefficient (Wildman–Crippen LogP) is 4.77. The highest BCUT2D eigenvalue weighted by Crippen LogP contribution is 2.19. The number of nitrogens with one attached hydrogen (secondary N) is 1. The van der Waals surface area contributed by atoms with Crippen LogP contribution in [0.15, 0.2) is 82.8 Å². The first-order chi connectivity index (χ1) is 15.3. The molecule has 0 aliphatic heterocycles. The zero-order valence-corrected chi connectivity index (χ0v) is 19.5. The molecule has 3 aromatic rings. The van der Waals surface area contributed by atoms with E-state index in [2.05, 4.69) is 23.8 Å². The Bertz CT molecular complexity index is 1150. The van der Waals surface area contributed by atoms with Crippen LogP contribution in [0.2, 0.25) is 0 Å². The van der Waals surface area contributed by atoms with E-state index in [1.165, 1.54) is 0 Å². The maximum Gasteiger partial charge on any atom is 0.276 e. The summed E-state index contributed by atoms with van der Waals surface area (Å²) >= 11 is 0. The maximum absolute atomic E-state index is 12.8. The minimum atomic E-state index is -3.81. The van der Waals surface area contributed by atoms with Gasteiger partial charge >= 0.3 is 0 Å². The predicted molar refractivity (Wildman–Crippen MR) is 127 cm³/mol. The van der Waals surface area contributed by atoms with Gasteiger partial charge in [-0.15, -0.1) is 0 Å². The van der Waals surface area contributed by atoms with E-state index in [0.29, 0.717) is 24.0 Å². The van der Waals surface area contributed by atoms with Gasteiger partial charge in [-0.3, -0.25) is 0 Å². The zero-order valence-electron chi connectivity index (χ0n) is 18.7. The maximum atomic E-state index is 12.8. The molecule has 0 fully saturated rings. The lowest BCUT2D eigenvalue weighted by Gasteiger charge is -2.12. The summed E-state index contributed by atoms with van der Waals surface area (Å²) in [7, 11) is -2.22. The largest absolute Gasteiger partial charge is 0.497 e. The molecule has 0 radical (unpaired) electrons. The molecule has 0 atom stereocenters. The molecule has 7 heteroatoms. The van der Waals surface area contributed by atoms with Crippen LogP contribution in [0.25, 0.3) is 0 Å². The molecular weight excluding hydrogens is 424 g/mol. The van der Waals surface area contributed by atoms with Gasteiger partial charge in [-0.2, -0.15) is 18.4 Å². The van der Waals surface area contributed by atoms with E-state index < -0.39 is 10.0 Å². The van der Waals surface area contributed by atoms with Crippen molar-refractivity contribution in [1.29, 1.82) is 0 Å². The number of hydrogen-bond donors (Lipinski definition) is 1. The van der Waals surface area contributed by atoms with Crippen LogP contribution in [0.3, 0.4) is 0 Å². The Labute approximate surface area is 190 Å². The first kappa shape index (κ1) is 23.3. The van der Waals surface area contributed by atoms with E-state index in [-0.39, 0.29) is 4.90 Å². The Kier molecular flexibility index (Phi) is 7.53. The van der Waals surface area contributed by atoms with Gasteiger partial charge < -0.3 is 9.47 Å². The minimum Gasteiger partial charge on any atom is -0.497 e. The molecule has 0 spiro atoms. The van der Waals surface area contributed by atoms with Gasteiger partial charge in [-0.25, -0.2) is 0 Å². The topological polar surface area (TPSA) is 77.0 Å². The van der Waals surface area contributed by atoms with Crippen molar-refractivity contribution in [2.24, 2.45) is 11.0 Å². The number of benzene rings is 3. The lowest BCUT2D eigenvalue weighted by Crippen LogP contribution is -2.21. The van der Waals surface area contributed by atoms with Gasteiger partial charge in [0.25, 0.3) is 10.0 Å². The van der Waals surface area contributed by atoms with Crippen molar-refractivity contribution >= 4 is 15.7 Å². The molecule has 0 aliphatic carbocycles. The highest BCUT2D eigenvalue weighted by Gasteiger charge is 2.15. The zero-order chi connectivity index (χ0) is 23.1. The summed E-state index contributed by atoms with van der Waals surface area (Å²) in [5.74, 6) is 1.87. The fourth-order valence-electron chi connectivity index (χ4n) is 2.89. The second-order valence-electron chi connectivity index (χ2n) is 7.83. The van der Waals surface area contributed by atoms with Crippen molar-refractivity contribution in [3.8, 4) is 11.5 Å². The molecule has 1 N–H and O–H groups in total. The van der Waals surface area contributed by atoms with E-state index in [4.69, 9.17) is 9.47 Å². The normalized spacial score (nSPS) is 12.0. The van der Waals surface area contributed by atoms with Crippen LogP contribution >= 0.6 is 0 Å². The molecule has 3 aromatic carbocycles. The summed E-state index contributed by atoms with van der Waals surface area (Å²) in [5, 5.41) is 4.29. The Morgan fingerprint density at radius 2 is 1.41 bits per heavy atom. The summed E-state index contributed by atoms with van der Waals surface area (Å²) in [4.78, 5) is 2.52. The quantitative estimate of drug-likeness (QED) is 0.375. The number of hydrazone groups is 1. The third-order valence-electron chi connectivity index (χ3n) is 4.68. The fourth-order valence-corrected chi connectivity index (χ4v) is 3.70. The summed E-state index contributed by atoms with van der Waals surface area (Å²) < 4.78 is 36.5. The molecule has 0 aliphatic rings. The monoisotopic (exact) mass is 452 g/mol. The molecule has 0 amide bonds. The summed E-state index contributed by atoms with van der Waals surface area (Å²) in [5.41, 5.74) is 2.96. The van der Waals surface area contributed by atoms with Crippen LogP contribution < -0.4 is 14.3 Å². The molecule has 0 unspecified atom stereocenters. The van der Waals surface area contributed by atoms with Gasteiger partial charge in [0.05, 0.1) is 24.3 Å². The Hall–Kier alpha value is -3.32. The van der Waals surface area contributed by atoms with Crippen molar-refractivity contribution in [3.05, 3.63) is 89.5 Å². The van der Waals surface area contributed by atoms with Crippen molar-refractivity contribution < 1.29 is 17.9 Å². The highest BCUT2D eigenvalue weighted by molar-refractivity contribution is 7.89. The van der Waals surface area contributed by atoms with Crippen LogP contribution in [0.5, 0.6) is 11.5 Å². The van der Waals surface area contributed by atoms with Crippen LogP contribution in [0.1, 0.15) is 30.5 Å². The van der Waals surface area contributed by atoms with Gasteiger partial charge in [0, 0.05) is 11.1 Å². The van der Waals surface area contributed by atoms with Crippen LogP contribution in [0.4, 0.5) is 0 Å². The number of sulfonamides is 1. The van der Waals surface area contributed by atoms with Gasteiger partial charge in [0.2, 0.25) is 0 Å². The van der Waals surface area contributed by atoms with Crippen LogP contribution in [-0.2, 0) is 10.0 Å². The summed E-state index contributed by atoms with van der Waals surface area (Å²) in [6.07, 6.45) is 0. The van der Waals surface area contributed by atoms with Gasteiger partial charge in [0.15, 0.2) is 0 Å². The third kappa shape index (κ3) is 6.11. The molecular formula is C25H28N2O4S. The average molecular weight is 453 g/mol. The number of ether oxygens (including phenoxy) is 2. The minimum absolute atomic E-state index is 0.151. The molecule has 3 rings (SSSR count). The van der Waals surface area contributed by atoms with Crippen LogP contribution in [0, 0.1) is 12.8 Å². The van der Waals surface area contributed by atoms with E-state index in [0.717, 1.165) is 22.4 Å². The first-order valence-electron chi connectivity index (χ1n) is 10.3. The SMILES string of the molecule is COc1ccc(C(=NNS(=O)(=O)c2ccc(C)cc2)c2ccc(OCC(C)C)cc2)cc1.